The fourth-order valence-electron chi connectivity index (χ4n) is 7.06. The summed E-state index contributed by atoms with van der Waals surface area (Å²) in [7, 11) is 0. The normalized spacial score (nSPS) is 35.4. The number of nitrogens with one attached hydrogen (secondary N) is 1. The minimum Gasteiger partial charge on any atom is -0.344 e. The van der Waals surface area contributed by atoms with Crippen molar-refractivity contribution in [1.82, 2.24) is 15.1 Å². The number of rotatable bonds is 6. The van der Waals surface area contributed by atoms with Gasteiger partial charge in [0.25, 0.3) is 0 Å². The third-order valence-electron chi connectivity index (χ3n) is 8.05. The van der Waals surface area contributed by atoms with Gasteiger partial charge >= 0.3 is 0 Å². The second-order valence-corrected chi connectivity index (χ2v) is 11.4. The van der Waals surface area contributed by atoms with Gasteiger partial charge in [0.2, 0.25) is 11.8 Å². The molecule has 1 unspecified atom stereocenters. The number of hydrogen-bond donors (Lipinski definition) is 1. The number of piperazine rings is 1. The van der Waals surface area contributed by atoms with E-state index in [-0.39, 0.29) is 29.2 Å². The van der Waals surface area contributed by atoms with Crippen molar-refractivity contribution in [1.29, 1.82) is 0 Å². The Balaban J connectivity index is 1.38. The molecule has 5 rings (SSSR count). The van der Waals surface area contributed by atoms with Crippen LogP contribution >= 0.6 is 0 Å². The van der Waals surface area contributed by atoms with Crippen molar-refractivity contribution in [2.24, 2.45) is 35.0 Å². The maximum Gasteiger partial charge on any atom is 0.245 e. The molecule has 0 aromatic rings. The van der Waals surface area contributed by atoms with E-state index in [0.717, 1.165) is 69.7 Å². The summed E-state index contributed by atoms with van der Waals surface area (Å²) in [6.07, 6.45) is 7.16. The number of amides is 2. The highest BCUT2D eigenvalue weighted by molar-refractivity contribution is 5.90. The standard InChI is InChI=1S/C24H41N3O2/c1-16(2)15-26-5-7-27(8-6-26)22(28)21(17(3)4)25-23(29)24-12-18-9-19(13-24)11-20(10-18)14-24/h16-21H,5-15H2,1-4H3,(H,25,29). The summed E-state index contributed by atoms with van der Waals surface area (Å²) in [5, 5.41) is 3.27. The molecule has 1 heterocycles. The monoisotopic (exact) mass is 403 g/mol. The Kier molecular flexibility index (Phi) is 5.98. The van der Waals surface area contributed by atoms with E-state index >= 15 is 0 Å². The van der Waals surface area contributed by atoms with Crippen molar-refractivity contribution in [3.05, 3.63) is 0 Å². The first kappa shape index (κ1) is 21.1. The highest BCUT2D eigenvalue weighted by atomic mass is 16.2. The summed E-state index contributed by atoms with van der Waals surface area (Å²) < 4.78 is 0. The van der Waals surface area contributed by atoms with Crippen LogP contribution in [0, 0.1) is 35.0 Å². The zero-order chi connectivity index (χ0) is 20.8. The van der Waals surface area contributed by atoms with E-state index in [2.05, 4.69) is 37.9 Å². The molecule has 0 aromatic heterocycles. The molecular formula is C24H41N3O2. The molecule has 1 saturated heterocycles. The minimum atomic E-state index is -0.382. The first-order chi connectivity index (χ1) is 13.8. The molecule has 164 valence electrons. The van der Waals surface area contributed by atoms with E-state index in [4.69, 9.17) is 0 Å². The predicted molar refractivity (Wildman–Crippen MR) is 115 cm³/mol. The lowest BCUT2D eigenvalue weighted by molar-refractivity contribution is -0.151. The van der Waals surface area contributed by atoms with Crippen LogP contribution in [0.5, 0.6) is 0 Å². The van der Waals surface area contributed by atoms with Crippen molar-refractivity contribution in [2.75, 3.05) is 32.7 Å². The molecule has 5 heteroatoms. The van der Waals surface area contributed by atoms with Gasteiger partial charge in [-0.05, 0) is 68.1 Å². The largest absolute Gasteiger partial charge is 0.344 e. The first-order valence-electron chi connectivity index (χ1n) is 12.1. The van der Waals surface area contributed by atoms with Crippen LogP contribution in [0.1, 0.15) is 66.2 Å². The SMILES string of the molecule is CC(C)CN1CCN(C(=O)C(NC(=O)C23CC4CC(CC(C4)C2)C3)C(C)C)CC1. The molecule has 4 bridgehead atoms. The van der Waals surface area contributed by atoms with Crippen LogP contribution in [0.15, 0.2) is 0 Å². The van der Waals surface area contributed by atoms with Crippen molar-refractivity contribution in [2.45, 2.75) is 72.3 Å². The summed E-state index contributed by atoms with van der Waals surface area (Å²) in [5.41, 5.74) is -0.182. The number of nitrogens with zero attached hydrogens (tertiary/aromatic N) is 2. The van der Waals surface area contributed by atoms with E-state index in [9.17, 15) is 9.59 Å². The van der Waals surface area contributed by atoms with Gasteiger partial charge in [0, 0.05) is 38.1 Å². The Morgan fingerprint density at radius 1 is 0.897 bits per heavy atom. The number of hydrogen-bond acceptors (Lipinski definition) is 3. The maximum absolute atomic E-state index is 13.5. The molecule has 5 fully saturated rings. The van der Waals surface area contributed by atoms with Crippen molar-refractivity contribution in [3.8, 4) is 0 Å². The minimum absolute atomic E-state index is 0.119. The average Bonchev–Trinajstić information content (AvgIpc) is 2.64. The van der Waals surface area contributed by atoms with Crippen LogP contribution < -0.4 is 5.32 Å². The highest BCUT2D eigenvalue weighted by Crippen LogP contribution is 2.60. The van der Waals surface area contributed by atoms with Crippen LogP contribution in [-0.4, -0.2) is 60.4 Å². The molecule has 1 aliphatic heterocycles. The van der Waals surface area contributed by atoms with Crippen LogP contribution in [0.25, 0.3) is 0 Å². The topological polar surface area (TPSA) is 52.6 Å². The van der Waals surface area contributed by atoms with E-state index in [1.165, 1.54) is 19.3 Å². The molecule has 0 spiro atoms. The highest BCUT2D eigenvalue weighted by Gasteiger charge is 2.55. The van der Waals surface area contributed by atoms with Gasteiger partial charge in [-0.2, -0.15) is 0 Å². The molecule has 1 N–H and O–H groups in total. The third-order valence-corrected chi connectivity index (χ3v) is 8.05. The Hall–Kier alpha value is -1.10. The van der Waals surface area contributed by atoms with Crippen molar-refractivity contribution >= 4 is 11.8 Å². The molecule has 5 nitrogen and oxygen atoms in total. The lowest BCUT2D eigenvalue weighted by Crippen LogP contribution is -2.60. The third kappa shape index (κ3) is 4.35. The van der Waals surface area contributed by atoms with E-state index in [0.29, 0.717) is 5.92 Å². The van der Waals surface area contributed by atoms with Gasteiger partial charge in [-0.1, -0.05) is 27.7 Å². The van der Waals surface area contributed by atoms with Gasteiger partial charge in [0.05, 0.1) is 0 Å². The van der Waals surface area contributed by atoms with Gasteiger partial charge in [0.15, 0.2) is 0 Å². The smallest absolute Gasteiger partial charge is 0.245 e. The summed E-state index contributed by atoms with van der Waals surface area (Å²) in [6.45, 7) is 13.2. The van der Waals surface area contributed by atoms with Gasteiger partial charge < -0.3 is 10.2 Å². The van der Waals surface area contributed by atoms with Crippen molar-refractivity contribution in [3.63, 3.8) is 0 Å². The zero-order valence-electron chi connectivity index (χ0n) is 19.0. The summed E-state index contributed by atoms with van der Waals surface area (Å²) in [4.78, 5) is 31.2. The fraction of sp³-hybridized carbons (Fsp3) is 0.917. The van der Waals surface area contributed by atoms with Crippen LogP contribution in [0.4, 0.5) is 0 Å². The van der Waals surface area contributed by atoms with Crippen LogP contribution in [-0.2, 0) is 9.59 Å². The molecule has 4 aliphatic carbocycles. The Bertz CT molecular complexity index is 586. The molecule has 29 heavy (non-hydrogen) atoms. The average molecular weight is 404 g/mol. The summed E-state index contributed by atoms with van der Waals surface area (Å²) >= 11 is 0. The Labute approximate surface area is 177 Å². The molecular weight excluding hydrogens is 362 g/mol. The second-order valence-electron chi connectivity index (χ2n) is 11.4. The van der Waals surface area contributed by atoms with E-state index in [1.807, 2.05) is 4.90 Å². The molecule has 5 aliphatic rings. The quantitative estimate of drug-likeness (QED) is 0.741. The van der Waals surface area contributed by atoms with Gasteiger partial charge in [0.1, 0.15) is 6.04 Å². The number of carbonyl (C=O) groups excluding carboxylic acids is 2. The lowest BCUT2D eigenvalue weighted by Gasteiger charge is -2.56. The molecule has 4 saturated carbocycles. The summed E-state index contributed by atoms with van der Waals surface area (Å²) in [5.74, 6) is 3.32. The zero-order valence-corrected chi connectivity index (χ0v) is 19.0. The van der Waals surface area contributed by atoms with Crippen LogP contribution in [0.2, 0.25) is 0 Å². The summed E-state index contributed by atoms with van der Waals surface area (Å²) in [6, 6.07) is -0.382. The molecule has 0 aromatic carbocycles. The second kappa shape index (κ2) is 8.20. The molecule has 0 radical (unpaired) electrons. The van der Waals surface area contributed by atoms with E-state index in [1.54, 1.807) is 0 Å². The molecule has 2 amide bonds. The van der Waals surface area contributed by atoms with Gasteiger partial charge in [-0.15, -0.1) is 0 Å². The first-order valence-corrected chi connectivity index (χ1v) is 12.1. The predicted octanol–water partition coefficient (Wildman–Crippen LogP) is 3.14. The Morgan fingerprint density at radius 2 is 1.41 bits per heavy atom. The van der Waals surface area contributed by atoms with Gasteiger partial charge in [-0.25, -0.2) is 0 Å². The Morgan fingerprint density at radius 3 is 1.86 bits per heavy atom. The number of carbonyl (C=O) groups is 2. The molecule has 1 atom stereocenters. The van der Waals surface area contributed by atoms with Gasteiger partial charge in [-0.3, -0.25) is 14.5 Å². The van der Waals surface area contributed by atoms with E-state index < -0.39 is 0 Å². The van der Waals surface area contributed by atoms with Crippen molar-refractivity contribution < 1.29 is 9.59 Å². The maximum atomic E-state index is 13.5. The fourth-order valence-corrected chi connectivity index (χ4v) is 7.06. The van der Waals surface area contributed by atoms with Crippen LogP contribution in [0.3, 0.4) is 0 Å². The lowest BCUT2D eigenvalue weighted by atomic mass is 9.49.